The third kappa shape index (κ3) is 21.5. The van der Waals surface area contributed by atoms with E-state index in [0.717, 1.165) is 19.0 Å². The fourth-order valence-corrected chi connectivity index (χ4v) is 5.25. The summed E-state index contributed by atoms with van der Waals surface area (Å²) in [6, 6.07) is 13.7. The van der Waals surface area contributed by atoms with Crippen LogP contribution < -0.4 is 41.6 Å². The molecule has 2 aromatic carbocycles. The SMILES string of the molecule is CCNc1nc(Cl)nc(NC(C)(C)C#N)n1.CCc1ccc(COc2ccc(-n3c(=O)cc(C(F)(F)F)n(C)c3=O)cc2)c(OC(C)C(=O)OC)c1.C[S+](C)C.O=C(O)CNCP(=O)([O-])O. The molecule has 2 unspecified atom stereocenters. The second kappa shape index (κ2) is 27.1. The molecule has 0 spiro atoms. The molecule has 0 fully saturated rings. The third-order valence-electron chi connectivity index (χ3n) is 7.71. The molecular formula is C40H54ClF3N9O11PS. The van der Waals surface area contributed by atoms with Crippen molar-refractivity contribution in [2.24, 2.45) is 7.05 Å². The van der Waals surface area contributed by atoms with Gasteiger partial charge in [-0.15, -0.1) is 0 Å². The first-order valence-electron chi connectivity index (χ1n) is 19.4. The van der Waals surface area contributed by atoms with Crippen LogP contribution in [0.5, 0.6) is 11.5 Å². The van der Waals surface area contributed by atoms with E-state index in [0.29, 0.717) is 55.7 Å². The smallest absolute Gasteiger partial charge is 0.431 e. The van der Waals surface area contributed by atoms with Crippen molar-refractivity contribution >= 4 is 53.9 Å². The number of hydrogen-bond donors (Lipinski definition) is 5. The zero-order valence-electron chi connectivity index (χ0n) is 37.9. The number of aryl methyl sites for hydroxylation is 1. The van der Waals surface area contributed by atoms with Gasteiger partial charge in [0.2, 0.25) is 17.2 Å². The summed E-state index contributed by atoms with van der Waals surface area (Å²) >= 11 is 5.73. The van der Waals surface area contributed by atoms with E-state index in [2.05, 4.69) is 50.4 Å². The van der Waals surface area contributed by atoms with Crippen LogP contribution in [0, 0.1) is 11.3 Å². The second-order valence-corrected chi connectivity index (χ2v) is 18.8. The van der Waals surface area contributed by atoms with Crippen LogP contribution in [0.15, 0.2) is 58.1 Å². The predicted molar refractivity (Wildman–Crippen MR) is 242 cm³/mol. The topological polar surface area (TPSA) is 285 Å². The Bertz CT molecular complexity index is 2430. The number of carboxylic acids is 1. The van der Waals surface area contributed by atoms with Crippen LogP contribution in [-0.4, -0.2) is 103 Å². The summed E-state index contributed by atoms with van der Waals surface area (Å²) in [5.41, 5.74) is -2.56. The Hall–Kier alpha value is -5.70. The average molecular weight is 992 g/mol. The molecule has 0 aliphatic carbocycles. The number of aliphatic carboxylic acids is 1. The summed E-state index contributed by atoms with van der Waals surface area (Å²) in [5.74, 6) is -0.190. The largest absolute Gasteiger partial charge is 0.778 e. The number of esters is 1. The number of rotatable bonds is 16. The van der Waals surface area contributed by atoms with Crippen molar-refractivity contribution < 1.29 is 56.4 Å². The summed E-state index contributed by atoms with van der Waals surface area (Å²) in [6.45, 7) is 9.19. The summed E-state index contributed by atoms with van der Waals surface area (Å²) in [6.07, 6.45) is 0.967. The van der Waals surface area contributed by atoms with E-state index in [1.807, 2.05) is 37.4 Å². The second-order valence-electron chi connectivity index (χ2n) is 14.4. The van der Waals surface area contributed by atoms with Crippen molar-refractivity contribution in [2.45, 2.75) is 65.5 Å². The van der Waals surface area contributed by atoms with Crippen molar-refractivity contribution in [3.8, 4) is 23.3 Å². The Kier molecular flexibility index (Phi) is 23.9. The van der Waals surface area contributed by atoms with Crippen molar-refractivity contribution in [3.63, 3.8) is 0 Å². The van der Waals surface area contributed by atoms with E-state index in [9.17, 15) is 41.8 Å². The predicted octanol–water partition coefficient (Wildman–Crippen LogP) is 3.97. The Labute approximate surface area is 387 Å². The molecule has 2 aromatic heterocycles. The van der Waals surface area contributed by atoms with Crippen LogP contribution in [0.4, 0.5) is 25.1 Å². The Balaban J connectivity index is 0.000000593. The van der Waals surface area contributed by atoms with Crippen molar-refractivity contribution in [1.29, 1.82) is 5.26 Å². The van der Waals surface area contributed by atoms with Gasteiger partial charge in [0.25, 0.3) is 5.56 Å². The molecule has 4 rings (SSSR count). The minimum Gasteiger partial charge on any atom is -0.778 e. The molecular weight excluding hydrogens is 938 g/mol. The number of benzene rings is 2. The highest BCUT2D eigenvalue weighted by atomic mass is 35.5. The van der Waals surface area contributed by atoms with Gasteiger partial charge in [-0.25, -0.2) is 14.2 Å². The summed E-state index contributed by atoms with van der Waals surface area (Å²) in [4.78, 5) is 76.1. The monoisotopic (exact) mass is 991 g/mol. The highest BCUT2D eigenvalue weighted by Gasteiger charge is 2.35. The van der Waals surface area contributed by atoms with Crippen molar-refractivity contribution in [1.82, 2.24) is 29.4 Å². The summed E-state index contributed by atoms with van der Waals surface area (Å²) in [5, 5.41) is 24.7. The number of hydrogen-bond acceptors (Lipinski definition) is 16. The lowest BCUT2D eigenvalue weighted by atomic mass is 10.1. The maximum Gasteiger partial charge on any atom is 0.431 e. The number of nitrogens with zero attached hydrogens (tertiary/aromatic N) is 6. The van der Waals surface area contributed by atoms with Crippen molar-refractivity contribution in [2.75, 3.05) is 55.9 Å². The normalized spacial score (nSPS) is 12.2. The zero-order valence-corrected chi connectivity index (χ0v) is 40.3. The molecule has 0 saturated heterocycles. The van der Waals surface area contributed by atoms with Crippen LogP contribution in [0.2, 0.25) is 5.28 Å². The van der Waals surface area contributed by atoms with Crippen LogP contribution in [0.1, 0.15) is 51.4 Å². The highest BCUT2D eigenvalue weighted by molar-refractivity contribution is 7.94. The summed E-state index contributed by atoms with van der Waals surface area (Å²) in [7, 11) is -1.49. The number of nitriles is 1. The number of anilines is 2. The number of ether oxygens (including phenoxy) is 3. The van der Waals surface area contributed by atoms with Crippen LogP contribution in [0.3, 0.4) is 0 Å². The lowest BCUT2D eigenvalue weighted by molar-refractivity contribution is -0.193. The summed E-state index contributed by atoms with van der Waals surface area (Å²) < 4.78 is 66.4. The van der Waals surface area contributed by atoms with Gasteiger partial charge >= 0.3 is 23.8 Å². The molecule has 364 valence electrons. The van der Waals surface area contributed by atoms with E-state index in [4.69, 9.17) is 41.1 Å². The average Bonchev–Trinajstić information content (AvgIpc) is 3.20. The van der Waals surface area contributed by atoms with E-state index >= 15 is 0 Å². The number of halogens is 4. The highest BCUT2D eigenvalue weighted by Crippen LogP contribution is 2.28. The molecule has 0 amide bonds. The fourth-order valence-electron chi connectivity index (χ4n) is 4.69. The number of carbonyl (C=O) groups excluding carboxylic acids is 1. The van der Waals surface area contributed by atoms with Gasteiger partial charge < -0.3 is 44.3 Å². The molecule has 5 N–H and O–H groups in total. The van der Waals surface area contributed by atoms with E-state index in [-0.39, 0.29) is 23.5 Å². The van der Waals surface area contributed by atoms with Gasteiger partial charge in [0.15, 0.2) is 6.10 Å². The van der Waals surface area contributed by atoms with Crippen LogP contribution in [-0.2, 0) is 56.0 Å². The van der Waals surface area contributed by atoms with Gasteiger partial charge in [0.1, 0.15) is 36.9 Å². The number of nitrogens with one attached hydrogen (secondary N) is 3. The molecule has 0 radical (unpaired) electrons. The van der Waals surface area contributed by atoms with E-state index < -0.39 is 67.1 Å². The molecule has 20 nitrogen and oxygen atoms in total. The van der Waals surface area contributed by atoms with E-state index in [1.54, 1.807) is 20.8 Å². The number of methoxy groups -OCH3 is 1. The molecule has 0 saturated carbocycles. The first-order valence-corrected chi connectivity index (χ1v) is 24.0. The molecule has 0 bridgehead atoms. The lowest BCUT2D eigenvalue weighted by Crippen LogP contribution is -2.40. The van der Waals surface area contributed by atoms with Gasteiger partial charge in [-0.2, -0.15) is 33.4 Å². The van der Waals surface area contributed by atoms with Crippen LogP contribution in [0.25, 0.3) is 5.69 Å². The molecule has 4 aromatic rings. The number of carboxylic acid groups (broad SMARTS) is 1. The van der Waals surface area contributed by atoms with Gasteiger partial charge in [-0.1, -0.05) is 19.1 Å². The standard InChI is InChI=1S/C25H25F3N2O6.C9H13ClN6.C3H8NO5P.C3H9S/c1-5-16-6-7-17(20(12-16)36-15(2)23(32)34-4)14-35-19-10-8-18(9-11-19)30-22(31)13-21(25(26,27)28)29(3)24(30)33;1-4-12-7-13-6(10)14-8(15-7)16-9(2,3)5-11;5-3(6)1-4-2-10(7,8)9;1-4(2)3/h6-13,15H,5,14H2,1-4H3;4H2,1-3H3,(H2,12,13,14,15,16);4H,1-2H2,(H,5,6)(H2,7,8,9);1-3H3/q;;;+1/p-1. The number of alkyl halides is 3. The number of aromatic nitrogens is 5. The number of carbonyl (C=O) groups is 2. The van der Waals surface area contributed by atoms with Crippen LogP contribution >= 0.6 is 19.2 Å². The van der Waals surface area contributed by atoms with Gasteiger partial charge in [0.05, 0.1) is 50.5 Å². The fraction of sp³-hybridized carbons (Fsp3) is 0.450. The molecule has 66 heavy (non-hydrogen) atoms. The zero-order chi connectivity index (χ0) is 50.6. The van der Waals surface area contributed by atoms with Gasteiger partial charge in [-0.3, -0.25) is 19.5 Å². The first-order chi connectivity index (χ1) is 30.6. The molecule has 0 aliphatic heterocycles. The molecule has 26 heteroatoms. The first kappa shape index (κ1) is 58.3. The minimum absolute atomic E-state index is 0.0779. The maximum atomic E-state index is 13.1. The molecule has 2 heterocycles. The maximum absolute atomic E-state index is 13.1. The molecule has 2 atom stereocenters. The van der Waals surface area contributed by atoms with Gasteiger partial charge in [0, 0.05) is 25.2 Å². The van der Waals surface area contributed by atoms with Crippen molar-refractivity contribution in [3.05, 3.63) is 91.5 Å². The Morgan fingerprint density at radius 3 is 2.14 bits per heavy atom. The Morgan fingerprint density at radius 2 is 1.64 bits per heavy atom. The molecule has 0 aliphatic rings. The van der Waals surface area contributed by atoms with Gasteiger partial charge in [-0.05, 0) is 92.5 Å². The van der Waals surface area contributed by atoms with E-state index in [1.165, 1.54) is 31.4 Å². The Morgan fingerprint density at radius 1 is 1.05 bits per heavy atom. The minimum atomic E-state index is -4.84. The quantitative estimate of drug-likeness (QED) is 0.0603. The third-order valence-corrected chi connectivity index (χ3v) is 8.50. The lowest BCUT2D eigenvalue weighted by Gasteiger charge is -2.17.